The summed E-state index contributed by atoms with van der Waals surface area (Å²) in [5.74, 6) is 1.05. The van der Waals surface area contributed by atoms with Gasteiger partial charge in [-0.25, -0.2) is 0 Å². The second-order valence-corrected chi connectivity index (χ2v) is 7.17. The van der Waals surface area contributed by atoms with Gasteiger partial charge in [0, 0.05) is 26.0 Å². The fourth-order valence-corrected chi connectivity index (χ4v) is 4.23. The average molecular weight is 342 g/mol. The molecule has 96 valence electrons. The third-order valence-electron chi connectivity index (χ3n) is 2.84. The molecule has 0 bridgehead atoms. The Labute approximate surface area is 125 Å². The van der Waals surface area contributed by atoms with E-state index in [1.165, 1.54) is 15.3 Å². The van der Waals surface area contributed by atoms with E-state index in [2.05, 4.69) is 63.9 Å². The van der Waals surface area contributed by atoms with Crippen molar-refractivity contribution in [2.75, 3.05) is 12.8 Å². The van der Waals surface area contributed by atoms with E-state index in [4.69, 9.17) is 0 Å². The van der Waals surface area contributed by atoms with Crippen molar-refractivity contribution in [2.24, 2.45) is 0 Å². The summed E-state index contributed by atoms with van der Waals surface area (Å²) in [6, 6.07) is 11.1. The quantitative estimate of drug-likeness (QED) is 0.778. The lowest BCUT2D eigenvalue weighted by Gasteiger charge is -2.16. The van der Waals surface area contributed by atoms with Gasteiger partial charge in [-0.2, -0.15) is 0 Å². The third kappa shape index (κ3) is 3.60. The van der Waals surface area contributed by atoms with Crippen LogP contribution >= 0.6 is 39.0 Å². The summed E-state index contributed by atoms with van der Waals surface area (Å²) in [5, 5.41) is 5.57. The maximum Gasteiger partial charge on any atom is 0.0423 e. The van der Waals surface area contributed by atoms with Crippen molar-refractivity contribution in [1.29, 1.82) is 0 Å². The Bertz CT molecular complexity index is 510. The molecule has 2 aromatic rings. The zero-order valence-corrected chi connectivity index (χ0v) is 13.7. The predicted molar refractivity (Wildman–Crippen MR) is 85.7 cm³/mol. The largest absolute Gasteiger partial charge is 0.312 e. The van der Waals surface area contributed by atoms with Crippen LogP contribution in [-0.4, -0.2) is 12.8 Å². The van der Waals surface area contributed by atoms with Gasteiger partial charge in [-0.05, 0) is 49.2 Å². The Morgan fingerprint density at radius 1 is 1.39 bits per heavy atom. The van der Waals surface area contributed by atoms with Crippen LogP contribution in [0.25, 0.3) is 0 Å². The molecule has 18 heavy (non-hydrogen) atoms. The van der Waals surface area contributed by atoms with E-state index in [9.17, 15) is 0 Å². The van der Waals surface area contributed by atoms with Crippen LogP contribution in [0.2, 0.25) is 0 Å². The second kappa shape index (κ2) is 6.75. The maximum atomic E-state index is 3.51. The van der Waals surface area contributed by atoms with Gasteiger partial charge in [0.05, 0.1) is 0 Å². The standard InChI is InChI=1S/C14H16BrNS2/c1-10-13(6-7-17-10)14(16-2)9-18-12-5-3-4-11(15)8-12/h3-8,14,16H,9H2,1-2H3. The van der Waals surface area contributed by atoms with Crippen LogP contribution in [0.3, 0.4) is 0 Å². The number of halogens is 1. The summed E-state index contributed by atoms with van der Waals surface area (Å²) >= 11 is 7.21. The first-order chi connectivity index (χ1) is 8.70. The first kappa shape index (κ1) is 14.1. The van der Waals surface area contributed by atoms with Crippen molar-refractivity contribution < 1.29 is 0 Å². The molecule has 0 fully saturated rings. The molecular formula is C14H16BrNS2. The van der Waals surface area contributed by atoms with Crippen molar-refractivity contribution in [3.05, 3.63) is 50.6 Å². The van der Waals surface area contributed by atoms with Gasteiger partial charge in [0.1, 0.15) is 0 Å². The molecule has 1 N–H and O–H groups in total. The van der Waals surface area contributed by atoms with Crippen molar-refractivity contribution in [2.45, 2.75) is 17.9 Å². The van der Waals surface area contributed by atoms with E-state index >= 15 is 0 Å². The lowest BCUT2D eigenvalue weighted by Crippen LogP contribution is -2.18. The van der Waals surface area contributed by atoms with Crippen LogP contribution in [0.4, 0.5) is 0 Å². The molecule has 1 unspecified atom stereocenters. The lowest BCUT2D eigenvalue weighted by molar-refractivity contribution is 0.661. The molecule has 1 nitrogen and oxygen atoms in total. The number of aryl methyl sites for hydroxylation is 1. The van der Waals surface area contributed by atoms with Crippen LogP contribution in [0.15, 0.2) is 45.1 Å². The first-order valence-electron chi connectivity index (χ1n) is 5.80. The number of rotatable bonds is 5. The van der Waals surface area contributed by atoms with Gasteiger partial charge in [-0.1, -0.05) is 22.0 Å². The molecule has 0 aliphatic carbocycles. The van der Waals surface area contributed by atoms with E-state index in [-0.39, 0.29) is 0 Å². The Kier molecular flexibility index (Phi) is 5.30. The second-order valence-electron chi connectivity index (χ2n) is 4.04. The summed E-state index contributed by atoms with van der Waals surface area (Å²) < 4.78 is 1.14. The SMILES string of the molecule is CNC(CSc1cccc(Br)c1)c1ccsc1C. The third-order valence-corrected chi connectivity index (χ3v) is 5.28. The Morgan fingerprint density at radius 2 is 2.22 bits per heavy atom. The molecule has 0 aliphatic heterocycles. The number of thiophene rings is 1. The van der Waals surface area contributed by atoms with Gasteiger partial charge >= 0.3 is 0 Å². The van der Waals surface area contributed by atoms with Crippen molar-refractivity contribution in [3.63, 3.8) is 0 Å². The van der Waals surface area contributed by atoms with E-state index in [0.29, 0.717) is 6.04 Å². The highest BCUT2D eigenvalue weighted by molar-refractivity contribution is 9.10. The molecule has 4 heteroatoms. The van der Waals surface area contributed by atoms with E-state index in [0.717, 1.165) is 10.2 Å². The minimum Gasteiger partial charge on any atom is -0.312 e. The average Bonchev–Trinajstić information content (AvgIpc) is 2.77. The van der Waals surface area contributed by atoms with E-state index in [1.54, 1.807) is 0 Å². The molecule has 0 amide bonds. The van der Waals surface area contributed by atoms with Crippen molar-refractivity contribution >= 4 is 39.0 Å². The number of thioether (sulfide) groups is 1. The highest BCUT2D eigenvalue weighted by Crippen LogP contribution is 2.29. The molecule has 0 saturated heterocycles. The number of nitrogens with one attached hydrogen (secondary N) is 1. The smallest absolute Gasteiger partial charge is 0.0423 e. The van der Waals surface area contributed by atoms with Gasteiger partial charge in [0.25, 0.3) is 0 Å². The van der Waals surface area contributed by atoms with Gasteiger partial charge in [-0.15, -0.1) is 23.1 Å². The fraction of sp³-hybridized carbons (Fsp3) is 0.286. The Balaban J connectivity index is 2.02. The lowest BCUT2D eigenvalue weighted by atomic mass is 10.1. The Morgan fingerprint density at radius 3 is 2.83 bits per heavy atom. The molecule has 0 radical (unpaired) electrons. The van der Waals surface area contributed by atoms with Gasteiger partial charge in [0.15, 0.2) is 0 Å². The maximum absolute atomic E-state index is 3.51. The summed E-state index contributed by atoms with van der Waals surface area (Å²) in [6.45, 7) is 2.19. The first-order valence-corrected chi connectivity index (χ1v) is 8.46. The zero-order valence-electron chi connectivity index (χ0n) is 10.4. The number of hydrogen-bond donors (Lipinski definition) is 1. The van der Waals surface area contributed by atoms with Gasteiger partial charge in [-0.3, -0.25) is 0 Å². The highest BCUT2D eigenvalue weighted by Gasteiger charge is 2.13. The molecule has 0 saturated carbocycles. The minimum atomic E-state index is 0.417. The molecule has 0 aliphatic rings. The van der Waals surface area contributed by atoms with Crippen LogP contribution in [-0.2, 0) is 0 Å². The molecule has 1 aromatic carbocycles. The highest BCUT2D eigenvalue weighted by atomic mass is 79.9. The molecule has 1 aromatic heterocycles. The van der Waals surface area contributed by atoms with Crippen LogP contribution in [0.1, 0.15) is 16.5 Å². The molecule has 0 spiro atoms. The summed E-state index contributed by atoms with van der Waals surface area (Å²) in [6.07, 6.45) is 0. The van der Waals surface area contributed by atoms with Crippen LogP contribution in [0.5, 0.6) is 0 Å². The summed E-state index contributed by atoms with van der Waals surface area (Å²) in [5.41, 5.74) is 1.42. The topological polar surface area (TPSA) is 12.0 Å². The summed E-state index contributed by atoms with van der Waals surface area (Å²) in [4.78, 5) is 2.71. The van der Waals surface area contributed by atoms with Crippen LogP contribution < -0.4 is 5.32 Å². The fourth-order valence-electron chi connectivity index (χ4n) is 1.82. The Hall–Kier alpha value is -0.290. The van der Waals surface area contributed by atoms with Gasteiger partial charge < -0.3 is 5.32 Å². The number of benzene rings is 1. The minimum absolute atomic E-state index is 0.417. The predicted octanol–water partition coefficient (Wildman–Crippen LogP) is 4.87. The van der Waals surface area contributed by atoms with Gasteiger partial charge in [0.2, 0.25) is 0 Å². The monoisotopic (exact) mass is 341 g/mol. The normalized spacial score (nSPS) is 12.6. The molecule has 1 atom stereocenters. The molecule has 2 rings (SSSR count). The van der Waals surface area contributed by atoms with E-state index < -0.39 is 0 Å². The van der Waals surface area contributed by atoms with Crippen molar-refractivity contribution in [1.82, 2.24) is 5.32 Å². The van der Waals surface area contributed by atoms with Crippen LogP contribution in [0, 0.1) is 6.92 Å². The number of hydrogen-bond acceptors (Lipinski definition) is 3. The molecular weight excluding hydrogens is 326 g/mol. The zero-order chi connectivity index (χ0) is 13.0. The van der Waals surface area contributed by atoms with E-state index in [1.807, 2.05) is 30.1 Å². The molecule has 1 heterocycles. The van der Waals surface area contributed by atoms with Crippen molar-refractivity contribution in [3.8, 4) is 0 Å². The summed E-state index contributed by atoms with van der Waals surface area (Å²) in [7, 11) is 2.03.